The number of fused-ring (bicyclic) bond motifs is 4. The van der Waals surface area contributed by atoms with Crippen LogP contribution in [0.1, 0.15) is 36.3 Å². The first-order chi connectivity index (χ1) is 25.9. The van der Waals surface area contributed by atoms with Crippen LogP contribution in [0.15, 0.2) is 169 Å². The fourth-order valence-corrected chi connectivity index (χ4v) is 7.74. The standard InChI is InChI=1S/C50H38N2O/c1-5-6-16-47-32(2)42-29-38(26-28-48(42)53-47)33-17-21-35(22-18-33)45-31-46(52-49(51-45)37-12-8-7-9-13-37)36-23-19-34(20-24-36)39-25-27-41-40-14-10-11-15-43(40)50(3,4)44(41)30-39/h5-31H,1H2,2-4H3/b16-6-. The molecule has 0 bridgehead atoms. The van der Waals surface area contributed by atoms with Gasteiger partial charge in [0, 0.05) is 33.1 Å². The Morgan fingerprint density at radius 2 is 1.11 bits per heavy atom. The number of benzene rings is 6. The largest absolute Gasteiger partial charge is 0.456 e. The van der Waals surface area contributed by atoms with Crippen molar-refractivity contribution in [2.45, 2.75) is 26.2 Å². The number of aryl methyl sites for hydroxylation is 1. The van der Waals surface area contributed by atoms with Crippen molar-refractivity contribution in [2.75, 3.05) is 0 Å². The molecule has 2 heterocycles. The van der Waals surface area contributed by atoms with Gasteiger partial charge in [-0.25, -0.2) is 9.97 Å². The molecule has 0 aliphatic heterocycles. The number of nitrogens with zero attached hydrogens (tertiary/aromatic N) is 2. The maximum atomic E-state index is 6.08. The highest BCUT2D eigenvalue weighted by atomic mass is 16.3. The lowest BCUT2D eigenvalue weighted by atomic mass is 9.81. The molecular formula is C50H38N2O. The lowest BCUT2D eigenvalue weighted by Crippen LogP contribution is -2.14. The molecule has 3 heteroatoms. The van der Waals surface area contributed by atoms with Gasteiger partial charge >= 0.3 is 0 Å². The number of furan rings is 1. The first-order valence-electron chi connectivity index (χ1n) is 18.1. The molecule has 2 aromatic heterocycles. The fourth-order valence-electron chi connectivity index (χ4n) is 7.74. The van der Waals surface area contributed by atoms with Gasteiger partial charge in [0.25, 0.3) is 0 Å². The SMILES string of the molecule is C=C/C=C\c1oc2ccc(-c3ccc(-c4cc(-c5ccc(-c6ccc7c(c6)C(C)(C)c6ccccc6-7)cc5)nc(-c5ccccc5)n4)cc3)cc2c1C. The number of rotatable bonds is 7. The molecule has 0 radical (unpaired) electrons. The van der Waals surface area contributed by atoms with Gasteiger partial charge in [0.15, 0.2) is 5.82 Å². The summed E-state index contributed by atoms with van der Waals surface area (Å²) in [7, 11) is 0. The molecule has 0 saturated carbocycles. The summed E-state index contributed by atoms with van der Waals surface area (Å²) in [6.07, 6.45) is 5.61. The minimum atomic E-state index is -0.0369. The van der Waals surface area contributed by atoms with Crippen molar-refractivity contribution in [2.24, 2.45) is 0 Å². The van der Waals surface area contributed by atoms with E-state index in [9.17, 15) is 0 Å². The van der Waals surface area contributed by atoms with E-state index < -0.39 is 0 Å². The summed E-state index contributed by atoms with van der Waals surface area (Å²) in [5, 5.41) is 1.11. The Kier molecular flexibility index (Phi) is 7.86. The second kappa shape index (κ2) is 12.9. The summed E-state index contributed by atoms with van der Waals surface area (Å²) < 4.78 is 6.08. The molecule has 0 fully saturated rings. The monoisotopic (exact) mass is 682 g/mol. The molecule has 6 aromatic carbocycles. The predicted octanol–water partition coefficient (Wildman–Crippen LogP) is 13.4. The zero-order chi connectivity index (χ0) is 36.1. The van der Waals surface area contributed by atoms with Crippen LogP contribution in [0.4, 0.5) is 0 Å². The van der Waals surface area contributed by atoms with Crippen molar-refractivity contribution in [1.82, 2.24) is 9.97 Å². The van der Waals surface area contributed by atoms with Crippen LogP contribution in [0.5, 0.6) is 0 Å². The molecule has 1 aliphatic carbocycles. The molecule has 1 aliphatic rings. The molecule has 8 aromatic rings. The van der Waals surface area contributed by atoms with Gasteiger partial charge < -0.3 is 4.42 Å². The van der Waals surface area contributed by atoms with Crippen molar-refractivity contribution in [3.63, 3.8) is 0 Å². The Morgan fingerprint density at radius 1 is 0.547 bits per heavy atom. The van der Waals surface area contributed by atoms with E-state index in [1.54, 1.807) is 6.08 Å². The zero-order valence-corrected chi connectivity index (χ0v) is 30.1. The minimum Gasteiger partial charge on any atom is -0.456 e. The molecule has 0 unspecified atom stereocenters. The van der Waals surface area contributed by atoms with Crippen molar-refractivity contribution < 1.29 is 4.42 Å². The second-order valence-corrected chi connectivity index (χ2v) is 14.3. The number of aromatic nitrogens is 2. The van der Waals surface area contributed by atoms with Crippen LogP contribution in [-0.2, 0) is 5.41 Å². The Bertz CT molecular complexity index is 2700. The summed E-state index contributed by atoms with van der Waals surface area (Å²) in [5.41, 5.74) is 16.9. The van der Waals surface area contributed by atoms with E-state index in [0.29, 0.717) is 5.82 Å². The summed E-state index contributed by atoms with van der Waals surface area (Å²) >= 11 is 0. The van der Waals surface area contributed by atoms with Gasteiger partial charge in [0.2, 0.25) is 0 Å². The average Bonchev–Trinajstić information content (AvgIpc) is 3.65. The van der Waals surface area contributed by atoms with Gasteiger partial charge in [0.1, 0.15) is 11.3 Å². The van der Waals surface area contributed by atoms with E-state index in [0.717, 1.165) is 61.5 Å². The van der Waals surface area contributed by atoms with Crippen molar-refractivity contribution >= 4 is 17.0 Å². The van der Waals surface area contributed by atoms with Crippen LogP contribution in [0, 0.1) is 6.92 Å². The van der Waals surface area contributed by atoms with Crippen LogP contribution in [-0.4, -0.2) is 9.97 Å². The van der Waals surface area contributed by atoms with Crippen LogP contribution >= 0.6 is 0 Å². The molecule has 0 atom stereocenters. The fraction of sp³-hybridized carbons (Fsp3) is 0.0800. The quantitative estimate of drug-likeness (QED) is 0.157. The van der Waals surface area contributed by atoms with Gasteiger partial charge in [-0.2, -0.15) is 0 Å². The molecule has 53 heavy (non-hydrogen) atoms. The van der Waals surface area contributed by atoms with Gasteiger partial charge in [0.05, 0.1) is 11.4 Å². The van der Waals surface area contributed by atoms with Gasteiger partial charge in [-0.1, -0.05) is 154 Å². The van der Waals surface area contributed by atoms with Crippen LogP contribution in [0.25, 0.3) is 84.3 Å². The van der Waals surface area contributed by atoms with E-state index in [4.69, 9.17) is 14.4 Å². The predicted molar refractivity (Wildman–Crippen MR) is 221 cm³/mol. The van der Waals surface area contributed by atoms with Crippen molar-refractivity contribution in [3.8, 4) is 67.3 Å². The Balaban J connectivity index is 1.05. The van der Waals surface area contributed by atoms with E-state index in [-0.39, 0.29) is 5.41 Å². The molecule has 0 saturated heterocycles. The topological polar surface area (TPSA) is 38.9 Å². The van der Waals surface area contributed by atoms with Crippen LogP contribution in [0.2, 0.25) is 0 Å². The normalized spacial score (nSPS) is 13.0. The highest BCUT2D eigenvalue weighted by molar-refractivity contribution is 5.89. The molecule has 0 N–H and O–H groups in total. The van der Waals surface area contributed by atoms with E-state index in [2.05, 4.69) is 155 Å². The smallest absolute Gasteiger partial charge is 0.160 e. The third-order valence-corrected chi connectivity index (χ3v) is 10.7. The van der Waals surface area contributed by atoms with Crippen LogP contribution < -0.4 is 0 Å². The van der Waals surface area contributed by atoms with Crippen molar-refractivity contribution in [1.29, 1.82) is 0 Å². The third-order valence-electron chi connectivity index (χ3n) is 10.7. The lowest BCUT2D eigenvalue weighted by molar-refractivity contribution is 0.601. The first-order valence-corrected chi connectivity index (χ1v) is 18.1. The Hall–Kier alpha value is -6.58. The summed E-state index contributed by atoms with van der Waals surface area (Å²) in [6, 6.07) is 51.8. The molecule has 9 rings (SSSR count). The molecule has 0 amide bonds. The number of allylic oxidation sites excluding steroid dienone is 2. The number of hydrogen-bond acceptors (Lipinski definition) is 3. The molecule has 254 valence electrons. The highest BCUT2D eigenvalue weighted by Gasteiger charge is 2.35. The van der Waals surface area contributed by atoms with Gasteiger partial charge in [-0.05, 0) is 81.8 Å². The minimum absolute atomic E-state index is 0.0369. The molecule has 0 spiro atoms. The first kappa shape index (κ1) is 32.3. The maximum absolute atomic E-state index is 6.08. The zero-order valence-electron chi connectivity index (χ0n) is 30.1. The lowest BCUT2D eigenvalue weighted by Gasteiger charge is -2.22. The summed E-state index contributed by atoms with van der Waals surface area (Å²) in [5.74, 6) is 1.56. The van der Waals surface area contributed by atoms with Crippen molar-refractivity contribution in [3.05, 3.63) is 187 Å². The van der Waals surface area contributed by atoms with E-state index in [1.165, 1.54) is 33.4 Å². The Labute approximate surface area is 310 Å². The highest BCUT2D eigenvalue weighted by Crippen LogP contribution is 2.49. The average molecular weight is 683 g/mol. The van der Waals surface area contributed by atoms with E-state index in [1.807, 2.05) is 30.4 Å². The maximum Gasteiger partial charge on any atom is 0.160 e. The second-order valence-electron chi connectivity index (χ2n) is 14.3. The van der Waals surface area contributed by atoms with Gasteiger partial charge in [-0.15, -0.1) is 0 Å². The van der Waals surface area contributed by atoms with Gasteiger partial charge in [-0.3, -0.25) is 0 Å². The van der Waals surface area contributed by atoms with E-state index >= 15 is 0 Å². The molecule has 3 nitrogen and oxygen atoms in total. The summed E-state index contributed by atoms with van der Waals surface area (Å²) in [4.78, 5) is 10.2. The third kappa shape index (κ3) is 5.71. The number of hydrogen-bond donors (Lipinski definition) is 0. The molecular weight excluding hydrogens is 645 g/mol. The summed E-state index contributed by atoms with van der Waals surface area (Å²) in [6.45, 7) is 10.5. The Morgan fingerprint density at radius 3 is 1.79 bits per heavy atom. The van der Waals surface area contributed by atoms with Crippen LogP contribution in [0.3, 0.4) is 0 Å².